The van der Waals surface area contributed by atoms with Crippen LogP contribution in [0.3, 0.4) is 0 Å². The van der Waals surface area contributed by atoms with Crippen molar-refractivity contribution in [2.24, 2.45) is 0 Å². The summed E-state index contributed by atoms with van der Waals surface area (Å²) in [4.78, 5) is 37.5. The molecule has 2 heterocycles. The van der Waals surface area contributed by atoms with Gasteiger partial charge in [0.15, 0.2) is 0 Å². The van der Waals surface area contributed by atoms with E-state index in [0.717, 1.165) is 5.56 Å². The lowest BCUT2D eigenvalue weighted by Gasteiger charge is -2.41. The average molecular weight is 549 g/mol. The molecule has 1 saturated heterocycles. The van der Waals surface area contributed by atoms with Crippen molar-refractivity contribution < 1.29 is 47.3 Å². The molecular formula is C24H25NO10P2. The molecule has 13 heteroatoms. The molecule has 0 amide bonds. The van der Waals surface area contributed by atoms with Crippen LogP contribution in [0, 0.1) is 0 Å². The first-order valence-corrected chi connectivity index (χ1v) is 14.3. The zero-order valence-electron chi connectivity index (χ0n) is 19.8. The third-order valence-corrected chi connectivity index (χ3v) is 10.0. The molecule has 2 atom stereocenters. The Morgan fingerprint density at radius 3 is 2.30 bits per heavy atom. The smallest absolute Gasteiger partial charge is 0.431 e. The molecule has 0 aliphatic carbocycles. The fraction of sp³-hybridized carbons (Fsp3) is 0.250. The van der Waals surface area contributed by atoms with Crippen LogP contribution in [0.1, 0.15) is 31.3 Å². The molecule has 1 aliphatic rings. The average Bonchev–Trinajstić information content (AvgIpc) is 2.83. The minimum Gasteiger partial charge on any atom is -0.431 e. The summed E-state index contributed by atoms with van der Waals surface area (Å²) in [7, 11) is -10.5. The predicted octanol–water partition coefficient (Wildman–Crippen LogP) is 4.98. The lowest BCUT2D eigenvalue weighted by Crippen LogP contribution is -2.38. The first kappa shape index (κ1) is 27.2. The van der Waals surface area contributed by atoms with Gasteiger partial charge in [0, 0.05) is 18.8 Å². The number of pyridine rings is 1. The van der Waals surface area contributed by atoms with Crippen LogP contribution in [0.15, 0.2) is 73.1 Å². The second-order valence-corrected chi connectivity index (χ2v) is 12.9. The van der Waals surface area contributed by atoms with Gasteiger partial charge in [0.05, 0.1) is 11.7 Å². The summed E-state index contributed by atoms with van der Waals surface area (Å²) in [5, 5.41) is 7.81. The molecule has 0 bridgehead atoms. The van der Waals surface area contributed by atoms with Crippen LogP contribution in [-0.4, -0.2) is 37.2 Å². The first-order chi connectivity index (χ1) is 17.4. The number of aliphatic hydroxyl groups is 1. The van der Waals surface area contributed by atoms with E-state index in [4.69, 9.17) is 18.5 Å². The van der Waals surface area contributed by atoms with E-state index in [1.54, 1.807) is 44.2 Å². The van der Waals surface area contributed by atoms with Crippen molar-refractivity contribution in [1.82, 2.24) is 4.98 Å². The molecule has 0 saturated carbocycles. The minimum atomic E-state index is -5.26. The van der Waals surface area contributed by atoms with Crippen molar-refractivity contribution in [2.45, 2.75) is 37.7 Å². The van der Waals surface area contributed by atoms with E-state index in [0.29, 0.717) is 5.56 Å². The van der Waals surface area contributed by atoms with Gasteiger partial charge in [-0.25, -0.2) is 4.79 Å². The summed E-state index contributed by atoms with van der Waals surface area (Å²) >= 11 is 0. The number of benzene rings is 2. The van der Waals surface area contributed by atoms with Gasteiger partial charge < -0.3 is 24.4 Å². The monoisotopic (exact) mass is 549 g/mol. The summed E-state index contributed by atoms with van der Waals surface area (Å²) < 4.78 is 47.2. The highest BCUT2D eigenvalue weighted by molar-refractivity contribution is 7.73. The third kappa shape index (κ3) is 5.68. The van der Waals surface area contributed by atoms with Crippen LogP contribution in [0.2, 0.25) is 0 Å². The SMILES string of the molecule is CC(C)OC(=O)Oc1ccc(-c2ccccc2)cc1C1OP(=O)(O)C(O)(Cc2cccnc2)P(=O)(O)O1. The van der Waals surface area contributed by atoms with E-state index >= 15 is 0 Å². The Morgan fingerprint density at radius 2 is 1.70 bits per heavy atom. The van der Waals surface area contributed by atoms with Crippen molar-refractivity contribution in [3.8, 4) is 16.9 Å². The fourth-order valence-corrected chi connectivity index (χ4v) is 7.20. The number of carbonyl (C=O) groups is 1. The predicted molar refractivity (Wildman–Crippen MR) is 132 cm³/mol. The zero-order chi connectivity index (χ0) is 26.8. The quantitative estimate of drug-likeness (QED) is 0.216. The standard InChI is InChI=1S/C24H25NO10P2/c1-16(2)32-23(26)33-21-11-10-19(18-8-4-3-5-9-18)13-20(21)22-34-36(28,29)24(27,37(30,31)35-22)14-17-7-6-12-25-15-17/h3-13,15-16,22,27H,14H2,1-2H3,(H,28,29)(H,30,31). The maximum atomic E-state index is 13.2. The summed E-state index contributed by atoms with van der Waals surface area (Å²) in [6.45, 7) is 3.22. The van der Waals surface area contributed by atoms with Gasteiger partial charge in [0.2, 0.25) is 6.29 Å². The Kier molecular flexibility index (Phi) is 7.69. The Hall–Kier alpha value is -2.88. The molecule has 4 rings (SSSR count). The fourth-order valence-electron chi connectivity index (χ4n) is 3.64. The summed E-state index contributed by atoms with van der Waals surface area (Å²) in [5.74, 6) is -0.201. The maximum absolute atomic E-state index is 13.2. The Morgan fingerprint density at radius 1 is 1.03 bits per heavy atom. The van der Waals surface area contributed by atoms with Crippen LogP contribution in [0.4, 0.5) is 4.79 Å². The molecule has 2 aromatic carbocycles. The third-order valence-electron chi connectivity index (χ3n) is 5.44. The molecule has 3 N–H and O–H groups in total. The highest BCUT2D eigenvalue weighted by Crippen LogP contribution is 2.79. The van der Waals surface area contributed by atoms with Gasteiger partial charge in [-0.2, -0.15) is 0 Å². The lowest BCUT2D eigenvalue weighted by atomic mass is 10.0. The lowest BCUT2D eigenvalue weighted by molar-refractivity contribution is -0.0589. The number of rotatable bonds is 6. The highest BCUT2D eigenvalue weighted by atomic mass is 31.2. The minimum absolute atomic E-state index is 0.144. The van der Waals surface area contributed by atoms with Gasteiger partial charge in [-0.1, -0.05) is 42.5 Å². The van der Waals surface area contributed by atoms with E-state index in [-0.39, 0.29) is 16.9 Å². The summed E-state index contributed by atoms with van der Waals surface area (Å²) in [6.07, 6.45) is -1.58. The topological polar surface area (TPSA) is 162 Å². The van der Waals surface area contributed by atoms with Gasteiger partial charge in [-0.15, -0.1) is 0 Å². The second kappa shape index (κ2) is 10.5. The van der Waals surface area contributed by atoms with E-state index in [9.17, 15) is 28.8 Å². The number of hydrogen-bond acceptors (Lipinski definition) is 9. The molecule has 37 heavy (non-hydrogen) atoms. The van der Waals surface area contributed by atoms with Gasteiger partial charge in [0.25, 0.3) is 5.08 Å². The Bertz CT molecular complexity index is 1340. The number of nitrogens with zero attached hydrogens (tertiary/aromatic N) is 1. The van der Waals surface area contributed by atoms with Gasteiger partial charge >= 0.3 is 21.3 Å². The molecule has 1 aliphatic heterocycles. The largest absolute Gasteiger partial charge is 0.514 e. The molecule has 0 radical (unpaired) electrons. The molecule has 3 aromatic rings. The molecule has 1 aromatic heterocycles. The summed E-state index contributed by atoms with van der Waals surface area (Å²) in [6, 6.07) is 16.3. The van der Waals surface area contributed by atoms with Gasteiger partial charge in [0.1, 0.15) is 5.75 Å². The summed E-state index contributed by atoms with van der Waals surface area (Å²) in [5.41, 5.74) is 1.34. The maximum Gasteiger partial charge on any atom is 0.514 e. The van der Waals surface area contributed by atoms with E-state index in [1.165, 1.54) is 36.7 Å². The van der Waals surface area contributed by atoms with E-state index < -0.39 is 45.2 Å². The highest BCUT2D eigenvalue weighted by Gasteiger charge is 2.67. The van der Waals surface area contributed by atoms with Crippen molar-refractivity contribution in [2.75, 3.05) is 0 Å². The van der Waals surface area contributed by atoms with Gasteiger partial charge in [-0.05, 0) is 48.7 Å². The number of ether oxygens (including phenoxy) is 2. The Balaban J connectivity index is 1.75. The van der Waals surface area contributed by atoms with E-state index in [1.807, 2.05) is 6.07 Å². The Labute approximate surface area is 212 Å². The number of hydrogen-bond donors (Lipinski definition) is 3. The van der Waals surface area contributed by atoms with Crippen LogP contribution >= 0.6 is 15.2 Å². The van der Waals surface area contributed by atoms with Crippen LogP contribution in [0.5, 0.6) is 5.75 Å². The zero-order valence-corrected chi connectivity index (χ0v) is 21.6. The molecular weight excluding hydrogens is 524 g/mol. The van der Waals surface area contributed by atoms with Crippen molar-refractivity contribution in [1.29, 1.82) is 0 Å². The second-order valence-electron chi connectivity index (χ2n) is 8.53. The van der Waals surface area contributed by atoms with Gasteiger partial charge in [-0.3, -0.25) is 23.2 Å². The molecule has 1 fully saturated rings. The molecule has 11 nitrogen and oxygen atoms in total. The first-order valence-electron chi connectivity index (χ1n) is 11.1. The molecule has 0 spiro atoms. The van der Waals surface area contributed by atoms with Crippen molar-refractivity contribution in [3.63, 3.8) is 0 Å². The van der Waals surface area contributed by atoms with E-state index in [2.05, 4.69) is 4.98 Å². The van der Waals surface area contributed by atoms with Crippen molar-refractivity contribution in [3.05, 3.63) is 84.2 Å². The number of carbonyl (C=O) groups excluding carboxylic acids is 1. The molecule has 2 unspecified atom stereocenters. The van der Waals surface area contributed by atoms with Crippen LogP contribution < -0.4 is 4.74 Å². The van der Waals surface area contributed by atoms with Crippen LogP contribution in [0.25, 0.3) is 11.1 Å². The van der Waals surface area contributed by atoms with Crippen LogP contribution in [-0.2, 0) is 29.3 Å². The normalized spacial score (nSPS) is 27.6. The number of aromatic nitrogens is 1. The molecule has 196 valence electrons. The van der Waals surface area contributed by atoms with Crippen molar-refractivity contribution >= 4 is 21.3 Å².